The van der Waals surface area contributed by atoms with E-state index in [1.807, 2.05) is 0 Å². The van der Waals surface area contributed by atoms with Crippen LogP contribution in [-0.2, 0) is 24.3 Å². The van der Waals surface area contributed by atoms with Crippen molar-refractivity contribution in [1.82, 2.24) is 0 Å². The van der Waals surface area contributed by atoms with Crippen molar-refractivity contribution in [3.05, 3.63) is 107 Å². The number of hydrogen-bond donors (Lipinski definition) is 0. The van der Waals surface area contributed by atoms with Crippen molar-refractivity contribution >= 4 is 46.3 Å². The fourth-order valence-electron chi connectivity index (χ4n) is 6.86. The maximum absolute atomic E-state index is 7.88. The standard InChI is InChI=1S/C23H27.C12H9Si.2ClH.Zr/c1-4-6-11-18-15-20-14-13-19(9-5-2)23(22(20)16-18)21-12-8-7-10-17(21)3;1-3-7-11-9(5-1)10-6-2-4-8-12(10)13-11;;;/h7-8,10,12-16H,4-6,9,11H2,1-3H3;1-7H,13H2;2*1H;/q;;;;+2/p-2. The van der Waals surface area contributed by atoms with E-state index in [9.17, 15) is 0 Å². The molecule has 0 spiro atoms. The van der Waals surface area contributed by atoms with E-state index in [0.717, 1.165) is 19.3 Å². The summed E-state index contributed by atoms with van der Waals surface area (Å²) in [6.07, 6.45) is 8.11. The van der Waals surface area contributed by atoms with Crippen LogP contribution in [0.4, 0.5) is 0 Å². The molecule has 1 atom stereocenters. The molecule has 4 aromatic carbocycles. The second-order valence-corrected chi connectivity index (χ2v) is 27.0. The molecule has 0 amide bonds. The molecular formula is C35H36Cl2SiZr. The van der Waals surface area contributed by atoms with Crippen LogP contribution in [0.3, 0.4) is 0 Å². The van der Waals surface area contributed by atoms with Gasteiger partial charge in [-0.05, 0) is 0 Å². The second-order valence-electron chi connectivity index (χ2n) is 11.2. The van der Waals surface area contributed by atoms with Crippen LogP contribution >= 0.6 is 17.0 Å². The first-order valence-corrected chi connectivity index (χ1v) is 24.9. The van der Waals surface area contributed by atoms with Gasteiger partial charge in [0.2, 0.25) is 0 Å². The number of allylic oxidation sites excluding steroid dienone is 1. The molecule has 0 saturated heterocycles. The van der Waals surface area contributed by atoms with Crippen LogP contribution in [0.2, 0.25) is 0 Å². The second kappa shape index (κ2) is 11.3. The summed E-state index contributed by atoms with van der Waals surface area (Å²) >= 11 is -3.96. The summed E-state index contributed by atoms with van der Waals surface area (Å²) in [6.45, 7) is 6.79. The molecule has 2 aliphatic rings. The number of benzene rings is 4. The monoisotopic (exact) mass is 644 g/mol. The predicted octanol–water partition coefficient (Wildman–Crippen LogP) is 8.13. The van der Waals surface area contributed by atoms with E-state index in [0.29, 0.717) is 0 Å². The Morgan fingerprint density at radius 2 is 1.51 bits per heavy atom. The fourth-order valence-corrected chi connectivity index (χ4v) is 23.7. The third kappa shape index (κ3) is 4.80. The number of aryl methyl sites for hydroxylation is 2. The van der Waals surface area contributed by atoms with Gasteiger partial charge in [0.1, 0.15) is 0 Å². The zero-order chi connectivity index (χ0) is 27.1. The Morgan fingerprint density at radius 3 is 2.28 bits per heavy atom. The Hall–Kier alpha value is -1.70. The molecule has 0 fully saturated rings. The van der Waals surface area contributed by atoms with Crippen LogP contribution in [0, 0.1) is 6.92 Å². The van der Waals surface area contributed by atoms with E-state index in [-0.39, 0.29) is 3.63 Å². The van der Waals surface area contributed by atoms with Gasteiger partial charge in [-0.15, -0.1) is 0 Å². The molecule has 0 radical (unpaired) electrons. The molecule has 4 aromatic rings. The molecule has 1 unspecified atom stereocenters. The van der Waals surface area contributed by atoms with Crippen LogP contribution in [0.5, 0.6) is 0 Å². The van der Waals surface area contributed by atoms with Crippen molar-refractivity contribution in [3.63, 3.8) is 0 Å². The summed E-state index contributed by atoms with van der Waals surface area (Å²) in [5.41, 5.74) is 12.5. The van der Waals surface area contributed by atoms with Crippen LogP contribution < -0.4 is 13.6 Å². The van der Waals surface area contributed by atoms with Gasteiger partial charge in [-0.1, -0.05) is 0 Å². The number of rotatable bonds is 8. The van der Waals surface area contributed by atoms with Gasteiger partial charge in [0, 0.05) is 0 Å². The van der Waals surface area contributed by atoms with Gasteiger partial charge in [0.15, 0.2) is 0 Å². The molecule has 0 aromatic heterocycles. The van der Waals surface area contributed by atoms with Crippen molar-refractivity contribution in [2.75, 3.05) is 0 Å². The van der Waals surface area contributed by atoms with Crippen LogP contribution in [0.25, 0.3) is 28.3 Å². The molecule has 0 saturated carbocycles. The zero-order valence-electron chi connectivity index (χ0n) is 23.2. The summed E-state index contributed by atoms with van der Waals surface area (Å²) in [7, 11) is 15.2. The van der Waals surface area contributed by atoms with Crippen molar-refractivity contribution in [2.24, 2.45) is 0 Å². The Kier molecular flexibility index (Phi) is 7.95. The number of hydrogen-bond acceptors (Lipinski definition) is 0. The first-order valence-electron chi connectivity index (χ1n) is 14.5. The molecule has 1 heterocycles. The average Bonchev–Trinajstić information content (AvgIpc) is 3.51. The van der Waals surface area contributed by atoms with E-state index < -0.39 is 27.4 Å². The quantitative estimate of drug-likeness (QED) is 0.149. The maximum atomic E-state index is 7.88. The Balaban J connectivity index is 1.54. The Morgan fingerprint density at radius 1 is 0.769 bits per heavy atom. The van der Waals surface area contributed by atoms with E-state index in [2.05, 4.69) is 106 Å². The number of fused-ring (bicyclic) bond motifs is 4. The average molecular weight is 647 g/mol. The molecule has 1 aliphatic heterocycles. The summed E-state index contributed by atoms with van der Waals surface area (Å²) < 4.78 is 1.47. The van der Waals surface area contributed by atoms with E-state index in [1.165, 1.54) is 76.6 Å². The molecule has 0 bridgehead atoms. The summed E-state index contributed by atoms with van der Waals surface area (Å²) in [5.74, 6) is 0. The molecule has 6 rings (SSSR count). The predicted molar refractivity (Wildman–Crippen MR) is 172 cm³/mol. The molecule has 1 aliphatic carbocycles. The van der Waals surface area contributed by atoms with Crippen LogP contribution in [-0.4, -0.2) is 9.52 Å². The normalized spacial score (nSPS) is 16.2. The SMILES string of the molecule is CCCCC1=Cc2c(ccc(CCC)c2-c2ccccc2C)[CH]1[Zr]([Cl])([Cl])[c]1cccc2c1[SiH2]c1ccccc1-2. The molecule has 0 N–H and O–H groups in total. The number of unbranched alkanes of at least 4 members (excludes halogenated alkanes) is 1. The summed E-state index contributed by atoms with van der Waals surface area (Å²) in [4.78, 5) is 0. The summed E-state index contributed by atoms with van der Waals surface area (Å²) in [5, 5.41) is 3.03. The molecule has 4 heteroatoms. The third-order valence-corrected chi connectivity index (χ3v) is 23.1. The van der Waals surface area contributed by atoms with Crippen molar-refractivity contribution in [1.29, 1.82) is 0 Å². The van der Waals surface area contributed by atoms with Gasteiger partial charge >= 0.3 is 250 Å². The van der Waals surface area contributed by atoms with Crippen molar-refractivity contribution in [3.8, 4) is 22.3 Å². The van der Waals surface area contributed by atoms with Crippen molar-refractivity contribution < 1.29 is 17.9 Å². The van der Waals surface area contributed by atoms with E-state index >= 15 is 0 Å². The fraction of sp³-hybridized carbons (Fsp3) is 0.257. The van der Waals surface area contributed by atoms with Gasteiger partial charge in [0.05, 0.1) is 0 Å². The molecule has 39 heavy (non-hydrogen) atoms. The Bertz CT molecular complexity index is 1590. The molecule has 0 nitrogen and oxygen atoms in total. The van der Waals surface area contributed by atoms with E-state index in [1.54, 1.807) is 0 Å². The van der Waals surface area contributed by atoms with Gasteiger partial charge in [0.25, 0.3) is 0 Å². The van der Waals surface area contributed by atoms with Gasteiger partial charge in [-0.2, -0.15) is 0 Å². The third-order valence-electron chi connectivity index (χ3n) is 8.70. The Labute approximate surface area is 247 Å². The molecular weight excluding hydrogens is 611 g/mol. The van der Waals surface area contributed by atoms with Crippen molar-refractivity contribution in [2.45, 2.75) is 56.5 Å². The van der Waals surface area contributed by atoms with Gasteiger partial charge < -0.3 is 0 Å². The number of halogens is 2. The minimum absolute atomic E-state index is 0.145. The zero-order valence-corrected chi connectivity index (χ0v) is 28.5. The topological polar surface area (TPSA) is 0 Å². The van der Waals surface area contributed by atoms with Gasteiger partial charge in [-0.3, -0.25) is 0 Å². The van der Waals surface area contributed by atoms with Crippen LogP contribution in [0.15, 0.2) is 84.4 Å². The van der Waals surface area contributed by atoms with E-state index in [4.69, 9.17) is 17.0 Å². The first-order chi connectivity index (χ1) is 19.0. The summed E-state index contributed by atoms with van der Waals surface area (Å²) in [6, 6.07) is 29.3. The minimum atomic E-state index is -3.96. The molecule has 198 valence electrons. The van der Waals surface area contributed by atoms with Crippen LogP contribution in [0.1, 0.15) is 65.4 Å². The van der Waals surface area contributed by atoms with Gasteiger partial charge in [-0.25, -0.2) is 0 Å². The first kappa shape index (κ1) is 27.5.